The fourth-order valence-corrected chi connectivity index (χ4v) is 2.04. The summed E-state index contributed by atoms with van der Waals surface area (Å²) in [5.41, 5.74) is 0.400. The van der Waals surface area contributed by atoms with Crippen molar-refractivity contribution in [3.05, 3.63) is 29.4 Å². The summed E-state index contributed by atoms with van der Waals surface area (Å²) < 4.78 is 23.4. The Kier molecular flexibility index (Phi) is 4.40. The predicted molar refractivity (Wildman–Crippen MR) is 80.7 cm³/mol. The van der Waals surface area contributed by atoms with Gasteiger partial charge in [-0.2, -0.15) is 4.31 Å². The number of carbonyl (C=O) groups excluding carboxylic acids is 1. The Hall–Kier alpha value is -1.77. The number of nitrogens with zero attached hydrogens (tertiary/aromatic N) is 3. The molecule has 0 fully saturated rings. The summed E-state index contributed by atoms with van der Waals surface area (Å²) in [7, 11) is -2.08. The monoisotopic (exact) mass is 328 g/mol. The number of fused-ring (bicyclic) bond motifs is 1. The van der Waals surface area contributed by atoms with Gasteiger partial charge in [-0.05, 0) is 24.3 Å². The van der Waals surface area contributed by atoms with E-state index in [1.807, 2.05) is 0 Å². The van der Waals surface area contributed by atoms with Gasteiger partial charge in [-0.15, -0.1) is 0 Å². The van der Waals surface area contributed by atoms with E-state index in [0.717, 1.165) is 15.9 Å². The van der Waals surface area contributed by atoms with Gasteiger partial charge >= 0.3 is 0 Å². The number of amides is 1. The van der Waals surface area contributed by atoms with Crippen LogP contribution in [0.25, 0.3) is 11.0 Å². The second-order valence-corrected chi connectivity index (χ2v) is 6.92. The molecule has 0 aliphatic heterocycles. The molecule has 2 heterocycles. The zero-order valence-electron chi connectivity index (χ0n) is 11.4. The third-order valence-electron chi connectivity index (χ3n) is 2.72. The minimum atomic E-state index is -3.41. The van der Waals surface area contributed by atoms with Crippen LogP contribution in [0.15, 0.2) is 24.3 Å². The van der Waals surface area contributed by atoms with Crippen molar-refractivity contribution < 1.29 is 13.2 Å². The fourth-order valence-electron chi connectivity index (χ4n) is 1.55. The van der Waals surface area contributed by atoms with E-state index >= 15 is 0 Å². The van der Waals surface area contributed by atoms with Crippen LogP contribution in [0.3, 0.4) is 0 Å². The summed E-state index contributed by atoms with van der Waals surface area (Å²) in [6, 6.07) is 6.75. The highest BCUT2D eigenvalue weighted by molar-refractivity contribution is 7.88. The van der Waals surface area contributed by atoms with Crippen LogP contribution in [0.4, 0.5) is 5.82 Å². The quantitative estimate of drug-likeness (QED) is 0.849. The highest BCUT2D eigenvalue weighted by Crippen LogP contribution is 2.16. The molecular weight excluding hydrogens is 316 g/mol. The first-order valence-electron chi connectivity index (χ1n) is 5.90. The highest BCUT2D eigenvalue weighted by atomic mass is 35.5. The number of hydrogen-bond acceptors (Lipinski definition) is 5. The van der Waals surface area contributed by atoms with Crippen LogP contribution in [0.1, 0.15) is 0 Å². The van der Waals surface area contributed by atoms with Gasteiger partial charge in [0.2, 0.25) is 15.9 Å². The largest absolute Gasteiger partial charge is 0.309 e. The number of sulfonamides is 1. The smallest absolute Gasteiger partial charge is 0.240 e. The maximum Gasteiger partial charge on any atom is 0.240 e. The second-order valence-electron chi connectivity index (χ2n) is 4.44. The highest BCUT2D eigenvalue weighted by Gasteiger charge is 2.15. The van der Waals surface area contributed by atoms with Gasteiger partial charge < -0.3 is 5.32 Å². The third kappa shape index (κ3) is 4.10. The number of aromatic nitrogens is 2. The van der Waals surface area contributed by atoms with Crippen molar-refractivity contribution in [2.45, 2.75) is 0 Å². The van der Waals surface area contributed by atoms with Gasteiger partial charge in [-0.25, -0.2) is 18.4 Å². The fraction of sp³-hybridized carbons (Fsp3) is 0.250. The SMILES string of the molecule is CN(CC(=O)Nc1ccc2ccc(Cl)nc2n1)S(C)(=O)=O. The minimum absolute atomic E-state index is 0.282. The van der Waals surface area contributed by atoms with E-state index in [9.17, 15) is 13.2 Å². The Morgan fingerprint density at radius 3 is 2.62 bits per heavy atom. The molecule has 1 amide bonds. The number of hydrogen-bond donors (Lipinski definition) is 1. The van der Waals surface area contributed by atoms with E-state index in [0.29, 0.717) is 10.8 Å². The number of likely N-dealkylation sites (N-methyl/N-ethyl adjacent to an activating group) is 1. The number of rotatable bonds is 4. The summed E-state index contributed by atoms with van der Waals surface area (Å²) in [5.74, 6) is -0.207. The van der Waals surface area contributed by atoms with Crippen LogP contribution in [-0.2, 0) is 14.8 Å². The Labute approximate surface area is 127 Å². The summed E-state index contributed by atoms with van der Waals surface area (Å²) in [6.45, 7) is -0.290. The lowest BCUT2D eigenvalue weighted by molar-refractivity contribution is -0.116. The van der Waals surface area contributed by atoms with Crippen LogP contribution in [-0.4, -0.2) is 48.4 Å². The lowest BCUT2D eigenvalue weighted by Gasteiger charge is -2.13. The molecule has 0 saturated carbocycles. The third-order valence-corrected chi connectivity index (χ3v) is 4.19. The molecule has 2 aromatic heterocycles. The van der Waals surface area contributed by atoms with Crippen molar-refractivity contribution in [1.82, 2.24) is 14.3 Å². The van der Waals surface area contributed by atoms with Crippen molar-refractivity contribution >= 4 is 44.4 Å². The molecule has 0 saturated heterocycles. The van der Waals surface area contributed by atoms with Crippen molar-refractivity contribution in [3.63, 3.8) is 0 Å². The van der Waals surface area contributed by atoms with Gasteiger partial charge in [0.15, 0.2) is 5.65 Å². The molecule has 2 aromatic rings. The molecule has 0 unspecified atom stereocenters. The Morgan fingerprint density at radius 1 is 1.29 bits per heavy atom. The minimum Gasteiger partial charge on any atom is -0.309 e. The van der Waals surface area contributed by atoms with Crippen molar-refractivity contribution in [3.8, 4) is 0 Å². The van der Waals surface area contributed by atoms with Gasteiger partial charge in [-0.3, -0.25) is 4.79 Å². The molecule has 2 rings (SSSR count). The van der Waals surface area contributed by atoms with Gasteiger partial charge in [0.1, 0.15) is 11.0 Å². The average Bonchev–Trinajstić information content (AvgIpc) is 2.36. The standard InChI is InChI=1S/C12H13ClN4O3S/c1-17(21(2,19)20)7-11(18)15-10-6-4-8-3-5-9(13)14-12(8)16-10/h3-6H,7H2,1-2H3,(H,14,15,16,18). The Morgan fingerprint density at radius 2 is 1.95 bits per heavy atom. The normalized spacial score (nSPS) is 11.8. The molecule has 0 aliphatic rings. The van der Waals surface area contributed by atoms with Crippen LogP contribution in [0.5, 0.6) is 0 Å². The molecule has 0 aromatic carbocycles. The van der Waals surface area contributed by atoms with E-state index in [4.69, 9.17) is 11.6 Å². The van der Waals surface area contributed by atoms with E-state index in [-0.39, 0.29) is 12.4 Å². The number of nitrogens with one attached hydrogen (secondary N) is 1. The molecule has 21 heavy (non-hydrogen) atoms. The van der Waals surface area contributed by atoms with Crippen molar-refractivity contribution in [2.75, 3.05) is 25.2 Å². The molecule has 0 radical (unpaired) electrons. The summed E-state index contributed by atoms with van der Waals surface area (Å²) in [5, 5.41) is 3.60. The maximum atomic E-state index is 11.8. The van der Waals surface area contributed by atoms with Crippen LogP contribution in [0, 0.1) is 0 Å². The summed E-state index contributed by atoms with van der Waals surface area (Å²) in [6.07, 6.45) is 1.03. The zero-order chi connectivity index (χ0) is 15.6. The van der Waals surface area contributed by atoms with Crippen LogP contribution >= 0.6 is 11.6 Å². The molecule has 0 spiro atoms. The molecule has 1 N–H and O–H groups in total. The van der Waals surface area contributed by atoms with Crippen LogP contribution < -0.4 is 5.32 Å². The second kappa shape index (κ2) is 5.92. The molecule has 7 nitrogen and oxygen atoms in total. The topological polar surface area (TPSA) is 92.3 Å². The van der Waals surface area contributed by atoms with Crippen molar-refractivity contribution in [2.24, 2.45) is 0 Å². The summed E-state index contributed by atoms with van der Waals surface area (Å²) >= 11 is 5.78. The van der Waals surface area contributed by atoms with E-state index in [1.54, 1.807) is 24.3 Å². The first kappa shape index (κ1) is 15.6. The molecular formula is C12H13ClN4O3S. The van der Waals surface area contributed by atoms with Gasteiger partial charge in [0, 0.05) is 12.4 Å². The lowest BCUT2D eigenvalue weighted by atomic mass is 10.3. The number of anilines is 1. The van der Waals surface area contributed by atoms with Crippen molar-refractivity contribution in [1.29, 1.82) is 0 Å². The molecule has 0 bridgehead atoms. The van der Waals surface area contributed by atoms with E-state index in [2.05, 4.69) is 15.3 Å². The van der Waals surface area contributed by atoms with Gasteiger partial charge in [-0.1, -0.05) is 11.6 Å². The average molecular weight is 329 g/mol. The number of carbonyl (C=O) groups is 1. The molecule has 0 atom stereocenters. The first-order valence-corrected chi connectivity index (χ1v) is 8.13. The molecule has 9 heteroatoms. The number of halogens is 1. The van der Waals surface area contributed by atoms with E-state index < -0.39 is 15.9 Å². The lowest BCUT2D eigenvalue weighted by Crippen LogP contribution is -2.34. The van der Waals surface area contributed by atoms with Crippen LogP contribution in [0.2, 0.25) is 5.15 Å². The van der Waals surface area contributed by atoms with Gasteiger partial charge in [0.05, 0.1) is 12.8 Å². The Bertz CT molecular complexity index is 794. The molecule has 0 aliphatic carbocycles. The van der Waals surface area contributed by atoms with Gasteiger partial charge in [0.25, 0.3) is 0 Å². The van der Waals surface area contributed by atoms with E-state index in [1.165, 1.54) is 7.05 Å². The predicted octanol–water partition coefficient (Wildman–Crippen LogP) is 1.11. The maximum absolute atomic E-state index is 11.8. The summed E-state index contributed by atoms with van der Waals surface area (Å²) in [4.78, 5) is 20.0. The first-order chi connectivity index (χ1) is 9.75. The zero-order valence-corrected chi connectivity index (χ0v) is 12.9. The number of pyridine rings is 2. The molecule has 112 valence electrons. The Balaban J connectivity index is 2.14.